The van der Waals surface area contributed by atoms with Gasteiger partial charge >= 0.3 is 0 Å². The van der Waals surface area contributed by atoms with Crippen molar-refractivity contribution in [2.75, 3.05) is 0 Å². The van der Waals surface area contributed by atoms with Gasteiger partial charge in [-0.1, -0.05) is 39.0 Å². The number of aromatic nitrogens is 1. The van der Waals surface area contributed by atoms with Crippen LogP contribution >= 0.6 is 0 Å². The normalized spacial score (nSPS) is 15.1. The molecule has 0 unspecified atom stereocenters. The molecular formula is C16H19NO. The number of aryl methyl sites for hydroxylation is 1. The van der Waals surface area contributed by atoms with Crippen LogP contribution in [0.3, 0.4) is 0 Å². The minimum Gasteiger partial charge on any atom is -0.283 e. The third-order valence-corrected chi connectivity index (χ3v) is 3.77. The van der Waals surface area contributed by atoms with E-state index < -0.39 is 0 Å². The van der Waals surface area contributed by atoms with Crippen molar-refractivity contribution in [1.29, 1.82) is 0 Å². The van der Waals surface area contributed by atoms with Crippen molar-refractivity contribution in [2.45, 2.75) is 40.0 Å². The van der Waals surface area contributed by atoms with Crippen LogP contribution in [0.2, 0.25) is 0 Å². The molecule has 1 aliphatic rings. The highest BCUT2D eigenvalue weighted by atomic mass is 16.2. The molecule has 2 aromatic rings. The van der Waals surface area contributed by atoms with Gasteiger partial charge in [0.1, 0.15) is 0 Å². The fourth-order valence-corrected chi connectivity index (χ4v) is 2.90. The Morgan fingerprint density at radius 3 is 2.61 bits per heavy atom. The van der Waals surface area contributed by atoms with Crippen molar-refractivity contribution in [3.8, 4) is 0 Å². The number of rotatable bonds is 0. The van der Waals surface area contributed by atoms with Crippen molar-refractivity contribution in [2.24, 2.45) is 5.41 Å². The fraction of sp³-hybridized carbons (Fsp3) is 0.438. The zero-order valence-corrected chi connectivity index (χ0v) is 11.3. The molecular weight excluding hydrogens is 222 g/mol. The lowest BCUT2D eigenvalue weighted by atomic mass is 9.95. The third-order valence-electron chi connectivity index (χ3n) is 3.77. The van der Waals surface area contributed by atoms with Crippen LogP contribution in [0.25, 0.3) is 10.9 Å². The van der Waals surface area contributed by atoms with Gasteiger partial charge in [0.05, 0.1) is 5.52 Å². The summed E-state index contributed by atoms with van der Waals surface area (Å²) in [5.74, 6) is 0.210. The van der Waals surface area contributed by atoms with Crippen LogP contribution in [0, 0.1) is 5.41 Å². The van der Waals surface area contributed by atoms with Crippen molar-refractivity contribution in [3.05, 3.63) is 35.5 Å². The van der Waals surface area contributed by atoms with E-state index in [-0.39, 0.29) is 11.3 Å². The summed E-state index contributed by atoms with van der Waals surface area (Å²) in [5, 5.41) is 1.27. The van der Waals surface area contributed by atoms with E-state index in [1.807, 2.05) is 31.4 Å². The highest BCUT2D eigenvalue weighted by Gasteiger charge is 2.30. The lowest BCUT2D eigenvalue weighted by molar-refractivity contribution is 0.0769. The molecule has 0 atom stereocenters. The number of benzene rings is 1. The lowest BCUT2D eigenvalue weighted by Gasteiger charge is -2.19. The molecule has 1 aromatic carbocycles. The first kappa shape index (κ1) is 11.5. The Morgan fingerprint density at radius 2 is 1.89 bits per heavy atom. The van der Waals surface area contributed by atoms with E-state index in [2.05, 4.69) is 18.2 Å². The molecule has 0 fully saturated rings. The van der Waals surface area contributed by atoms with Gasteiger partial charge in [-0.05, 0) is 30.9 Å². The minimum absolute atomic E-state index is 0.210. The molecule has 18 heavy (non-hydrogen) atoms. The van der Waals surface area contributed by atoms with Crippen molar-refractivity contribution >= 4 is 16.8 Å². The second kappa shape index (κ2) is 3.71. The average Bonchev–Trinajstić information content (AvgIpc) is 2.86. The highest BCUT2D eigenvalue weighted by Crippen LogP contribution is 2.34. The molecule has 0 radical (unpaired) electrons. The third kappa shape index (κ3) is 1.52. The molecule has 1 aromatic heterocycles. The molecule has 0 saturated heterocycles. The summed E-state index contributed by atoms with van der Waals surface area (Å²) in [4.78, 5) is 12.7. The predicted molar refractivity (Wildman–Crippen MR) is 74.0 cm³/mol. The maximum absolute atomic E-state index is 12.7. The number of para-hydroxylation sites is 1. The van der Waals surface area contributed by atoms with E-state index >= 15 is 0 Å². The second-order valence-electron chi connectivity index (χ2n) is 6.19. The molecule has 1 aliphatic carbocycles. The van der Waals surface area contributed by atoms with Crippen LogP contribution in [0.4, 0.5) is 0 Å². The number of carbonyl (C=O) groups excluding carboxylic acids is 1. The van der Waals surface area contributed by atoms with Crippen LogP contribution in [-0.4, -0.2) is 10.5 Å². The zero-order chi connectivity index (χ0) is 12.9. The van der Waals surface area contributed by atoms with E-state index in [1.54, 1.807) is 0 Å². The standard InChI is InChI=1S/C16H19NO/c1-16(2,3)15(18)17-13-9-5-4-7-11(13)12-8-6-10-14(12)17/h4-5,7,9H,6,8,10H2,1-3H3. The topological polar surface area (TPSA) is 22.0 Å². The molecule has 0 bridgehead atoms. The first-order valence-electron chi connectivity index (χ1n) is 6.66. The lowest BCUT2D eigenvalue weighted by Crippen LogP contribution is -2.27. The number of nitrogens with zero attached hydrogens (tertiary/aromatic N) is 1. The van der Waals surface area contributed by atoms with Gasteiger partial charge in [0.2, 0.25) is 5.91 Å². The van der Waals surface area contributed by atoms with Crippen LogP contribution in [0.5, 0.6) is 0 Å². The maximum atomic E-state index is 12.7. The summed E-state index contributed by atoms with van der Waals surface area (Å²) in [6.45, 7) is 5.97. The molecule has 0 aliphatic heterocycles. The number of hydrogen-bond acceptors (Lipinski definition) is 1. The summed E-state index contributed by atoms with van der Waals surface area (Å²) in [7, 11) is 0. The van der Waals surface area contributed by atoms with Gasteiger partial charge < -0.3 is 0 Å². The monoisotopic (exact) mass is 241 g/mol. The molecule has 2 heteroatoms. The summed E-state index contributed by atoms with van der Waals surface area (Å²) in [6, 6.07) is 8.29. The van der Waals surface area contributed by atoms with Gasteiger partial charge in [0, 0.05) is 16.5 Å². The Labute approximate surface area is 108 Å². The summed E-state index contributed by atoms with van der Waals surface area (Å²) < 4.78 is 1.97. The second-order valence-corrected chi connectivity index (χ2v) is 6.19. The van der Waals surface area contributed by atoms with Crippen LogP contribution in [0.1, 0.15) is 43.2 Å². The van der Waals surface area contributed by atoms with Gasteiger partial charge in [-0.15, -0.1) is 0 Å². The van der Waals surface area contributed by atoms with Gasteiger partial charge in [-0.25, -0.2) is 0 Å². The average molecular weight is 241 g/mol. The summed E-state index contributed by atoms with van der Waals surface area (Å²) in [5.41, 5.74) is 3.39. The molecule has 0 spiro atoms. The van der Waals surface area contributed by atoms with E-state index in [1.165, 1.54) is 23.1 Å². The van der Waals surface area contributed by atoms with E-state index in [4.69, 9.17) is 0 Å². The predicted octanol–water partition coefficient (Wildman–Crippen LogP) is 3.82. The van der Waals surface area contributed by atoms with Crippen molar-refractivity contribution in [3.63, 3.8) is 0 Å². The van der Waals surface area contributed by atoms with E-state index in [0.29, 0.717) is 0 Å². The molecule has 3 rings (SSSR count). The number of carbonyl (C=O) groups is 1. The molecule has 1 heterocycles. The zero-order valence-electron chi connectivity index (χ0n) is 11.3. The highest BCUT2D eigenvalue weighted by molar-refractivity contribution is 5.98. The summed E-state index contributed by atoms with van der Waals surface area (Å²) >= 11 is 0. The van der Waals surface area contributed by atoms with Gasteiger partial charge in [0.25, 0.3) is 0 Å². The molecule has 0 amide bonds. The van der Waals surface area contributed by atoms with Crippen LogP contribution < -0.4 is 0 Å². The smallest absolute Gasteiger partial charge is 0.236 e. The van der Waals surface area contributed by atoms with E-state index in [0.717, 1.165) is 18.4 Å². The molecule has 0 N–H and O–H groups in total. The van der Waals surface area contributed by atoms with Gasteiger partial charge in [-0.3, -0.25) is 9.36 Å². The Balaban J connectivity index is 2.32. The first-order chi connectivity index (χ1) is 8.50. The molecule has 2 nitrogen and oxygen atoms in total. The fourth-order valence-electron chi connectivity index (χ4n) is 2.90. The Kier molecular flexibility index (Phi) is 2.37. The Hall–Kier alpha value is -1.57. The first-order valence-corrected chi connectivity index (χ1v) is 6.66. The van der Waals surface area contributed by atoms with Crippen molar-refractivity contribution in [1.82, 2.24) is 4.57 Å². The largest absolute Gasteiger partial charge is 0.283 e. The summed E-state index contributed by atoms with van der Waals surface area (Å²) in [6.07, 6.45) is 3.32. The van der Waals surface area contributed by atoms with Crippen LogP contribution in [0.15, 0.2) is 24.3 Å². The number of fused-ring (bicyclic) bond motifs is 3. The Morgan fingerprint density at radius 1 is 1.17 bits per heavy atom. The van der Waals surface area contributed by atoms with Crippen molar-refractivity contribution < 1.29 is 4.79 Å². The quantitative estimate of drug-likeness (QED) is 0.687. The number of hydrogen-bond donors (Lipinski definition) is 0. The maximum Gasteiger partial charge on any atom is 0.236 e. The molecule has 0 saturated carbocycles. The SMILES string of the molecule is CC(C)(C)C(=O)n1c2c(c3ccccc31)CCC2. The van der Waals surface area contributed by atoms with Gasteiger partial charge in [0.15, 0.2) is 0 Å². The van der Waals surface area contributed by atoms with Gasteiger partial charge in [-0.2, -0.15) is 0 Å². The Bertz CT molecular complexity index is 628. The minimum atomic E-state index is -0.335. The van der Waals surface area contributed by atoms with Crippen LogP contribution in [-0.2, 0) is 12.8 Å². The van der Waals surface area contributed by atoms with E-state index in [9.17, 15) is 4.79 Å². The molecule has 94 valence electrons.